The number of ether oxygens (including phenoxy) is 1. The van der Waals surface area contributed by atoms with Crippen LogP contribution in [0.3, 0.4) is 0 Å². The normalized spacial score (nSPS) is 15.4. The van der Waals surface area contributed by atoms with Crippen LogP contribution in [-0.2, 0) is 4.74 Å². The lowest BCUT2D eigenvalue weighted by Gasteiger charge is -2.35. The predicted octanol–water partition coefficient (Wildman–Crippen LogP) is 6.72. The van der Waals surface area contributed by atoms with Crippen molar-refractivity contribution < 1.29 is 4.74 Å². The van der Waals surface area contributed by atoms with Gasteiger partial charge >= 0.3 is 0 Å². The minimum absolute atomic E-state index is 0.239. The van der Waals surface area contributed by atoms with Crippen LogP contribution in [0.5, 0.6) is 0 Å². The summed E-state index contributed by atoms with van der Waals surface area (Å²) in [5.74, 6) is 0. The van der Waals surface area contributed by atoms with E-state index in [1.807, 2.05) is 0 Å². The van der Waals surface area contributed by atoms with Crippen LogP contribution < -0.4 is 0 Å². The number of rotatable bonds is 7. The molecule has 0 aromatic heterocycles. The van der Waals surface area contributed by atoms with Crippen LogP contribution in [0.15, 0.2) is 41.8 Å². The van der Waals surface area contributed by atoms with E-state index in [1.165, 1.54) is 17.0 Å². The van der Waals surface area contributed by atoms with E-state index in [0.717, 1.165) is 0 Å². The van der Waals surface area contributed by atoms with Gasteiger partial charge in [-0.05, 0) is 11.6 Å². The highest BCUT2D eigenvalue weighted by atomic mass is 28.3. The molecule has 0 heterocycles. The van der Waals surface area contributed by atoms with Crippen molar-refractivity contribution in [3.63, 3.8) is 0 Å². The fourth-order valence-electron chi connectivity index (χ4n) is 2.43. The van der Waals surface area contributed by atoms with E-state index in [2.05, 4.69) is 95.3 Å². The molecule has 0 bridgehead atoms. The lowest BCUT2D eigenvalue weighted by Crippen LogP contribution is -2.37. The molecule has 0 N–H and O–H groups in total. The highest BCUT2D eigenvalue weighted by molar-refractivity contribution is 6.83. The van der Waals surface area contributed by atoms with Crippen LogP contribution in [0.2, 0.25) is 65.0 Å². The van der Waals surface area contributed by atoms with Crippen LogP contribution in [0.25, 0.3) is 0 Å². The van der Waals surface area contributed by atoms with E-state index in [4.69, 9.17) is 4.74 Å². The Morgan fingerprint density at radius 3 is 1.83 bits per heavy atom. The largest absolute Gasteiger partial charge is 0.499 e. The first kappa shape index (κ1) is 20.5. The van der Waals surface area contributed by atoms with Gasteiger partial charge in [0.15, 0.2) is 0 Å². The molecule has 1 rings (SSSR count). The van der Waals surface area contributed by atoms with Gasteiger partial charge in [0.1, 0.15) is 13.8 Å². The Labute approximate surface area is 147 Å². The molecule has 0 spiro atoms. The minimum atomic E-state index is -1.48. The monoisotopic (exact) mass is 364 g/mol. The van der Waals surface area contributed by atoms with Crippen molar-refractivity contribution >= 4 is 24.2 Å². The van der Waals surface area contributed by atoms with Gasteiger partial charge in [0.25, 0.3) is 0 Å². The molecule has 0 saturated heterocycles. The quantitative estimate of drug-likeness (QED) is 0.385. The van der Waals surface area contributed by atoms with Crippen molar-refractivity contribution in [2.75, 3.05) is 0 Å². The molecule has 4 heteroatoms. The summed E-state index contributed by atoms with van der Waals surface area (Å²) < 4.78 is 6.77. The molecule has 0 aliphatic carbocycles. The molecule has 1 aromatic rings. The molecule has 0 radical (unpaired) electrons. The Bertz CT molecular complexity index is 516. The van der Waals surface area contributed by atoms with Crippen LogP contribution >= 0.6 is 0 Å². The summed E-state index contributed by atoms with van der Waals surface area (Å²) in [5, 5.41) is 1.30. The molecule has 1 nitrogen and oxygen atoms in total. The van der Waals surface area contributed by atoms with Crippen molar-refractivity contribution in [2.45, 2.75) is 70.7 Å². The van der Waals surface area contributed by atoms with E-state index in [-0.39, 0.29) is 5.73 Å². The fourth-order valence-corrected chi connectivity index (χ4v) is 6.41. The molecule has 0 aliphatic rings. The van der Waals surface area contributed by atoms with Gasteiger partial charge in [-0.3, -0.25) is 0 Å². The van der Waals surface area contributed by atoms with Crippen LogP contribution in [0, 0.1) is 0 Å². The Morgan fingerprint density at radius 1 is 0.913 bits per heavy atom. The van der Waals surface area contributed by atoms with Crippen molar-refractivity contribution in [3.8, 4) is 0 Å². The van der Waals surface area contributed by atoms with E-state index in [0.29, 0.717) is 0 Å². The predicted molar refractivity (Wildman–Crippen MR) is 113 cm³/mol. The zero-order valence-corrected chi connectivity index (χ0v) is 19.7. The average Bonchev–Trinajstić information content (AvgIpc) is 2.35. The summed E-state index contributed by atoms with van der Waals surface area (Å²) in [7, 11) is -4.05. The lowest BCUT2D eigenvalue weighted by molar-refractivity contribution is 0.191. The zero-order valence-electron chi connectivity index (χ0n) is 16.7. The van der Waals surface area contributed by atoms with E-state index >= 15 is 0 Å². The summed E-state index contributed by atoms with van der Waals surface area (Å²) in [6.45, 7) is 21.7. The second kappa shape index (κ2) is 7.53. The third-order valence-electron chi connectivity index (χ3n) is 3.77. The van der Waals surface area contributed by atoms with Gasteiger partial charge in [0, 0.05) is 8.07 Å². The molecule has 0 fully saturated rings. The maximum atomic E-state index is 6.77. The number of allylic oxidation sites excluding steroid dienone is 1. The van der Waals surface area contributed by atoms with E-state index < -0.39 is 24.2 Å². The second-order valence-corrected chi connectivity index (χ2v) is 25.6. The van der Waals surface area contributed by atoms with Crippen LogP contribution in [-0.4, -0.2) is 24.2 Å². The Balaban J connectivity index is 3.16. The van der Waals surface area contributed by atoms with Gasteiger partial charge in [-0.25, -0.2) is 0 Å². The first-order chi connectivity index (χ1) is 10.3. The van der Waals surface area contributed by atoms with E-state index in [1.54, 1.807) is 0 Å². The fraction of sp³-hybridized carbons (Fsp3) is 0.579. The summed E-state index contributed by atoms with van der Waals surface area (Å²) in [5.41, 5.74) is 1.58. The van der Waals surface area contributed by atoms with Crippen molar-refractivity contribution in [2.24, 2.45) is 0 Å². The maximum Gasteiger partial charge on any atom is 0.122 e. The van der Waals surface area contributed by atoms with Gasteiger partial charge in [-0.2, -0.15) is 0 Å². The standard InChI is InChI=1S/C19H36OSi3/c1-21(2,3)16-15-18(22(4,5)6)20-19(23(7,8)9)17-13-11-10-12-14-17/h10-15,19H,16H2,1-9H3/b18-15-. The van der Waals surface area contributed by atoms with Crippen LogP contribution in [0.4, 0.5) is 0 Å². The number of benzene rings is 1. The van der Waals surface area contributed by atoms with Gasteiger partial charge < -0.3 is 4.74 Å². The summed E-state index contributed by atoms with van der Waals surface area (Å²) in [4.78, 5) is 0. The number of hydrogen-bond acceptors (Lipinski definition) is 1. The van der Waals surface area contributed by atoms with Crippen molar-refractivity contribution in [1.29, 1.82) is 0 Å². The Hall–Kier alpha value is -0.589. The topological polar surface area (TPSA) is 9.23 Å². The van der Waals surface area contributed by atoms with Gasteiger partial charge in [-0.1, -0.05) is 95.3 Å². The van der Waals surface area contributed by atoms with Gasteiger partial charge in [0.2, 0.25) is 0 Å². The first-order valence-corrected chi connectivity index (χ1v) is 19.5. The molecule has 130 valence electrons. The van der Waals surface area contributed by atoms with Gasteiger partial charge in [0.05, 0.1) is 13.5 Å². The molecular formula is C19H36OSi3. The third kappa shape index (κ3) is 7.23. The summed E-state index contributed by atoms with van der Waals surface area (Å²) in [6.07, 6.45) is 2.44. The molecule has 1 unspecified atom stereocenters. The first-order valence-electron chi connectivity index (χ1n) is 8.73. The van der Waals surface area contributed by atoms with Crippen molar-refractivity contribution in [3.05, 3.63) is 47.4 Å². The highest BCUT2D eigenvalue weighted by Gasteiger charge is 2.34. The van der Waals surface area contributed by atoms with Gasteiger partial charge in [-0.15, -0.1) is 0 Å². The lowest BCUT2D eigenvalue weighted by atomic mass is 10.2. The summed E-state index contributed by atoms with van der Waals surface area (Å²) in [6, 6.07) is 12.0. The molecule has 0 amide bonds. The molecular weight excluding hydrogens is 328 g/mol. The summed E-state index contributed by atoms with van der Waals surface area (Å²) >= 11 is 0. The molecule has 0 aliphatic heterocycles. The minimum Gasteiger partial charge on any atom is -0.499 e. The molecule has 23 heavy (non-hydrogen) atoms. The smallest absolute Gasteiger partial charge is 0.122 e. The molecule has 1 aromatic carbocycles. The van der Waals surface area contributed by atoms with Crippen molar-refractivity contribution in [1.82, 2.24) is 0 Å². The Morgan fingerprint density at radius 2 is 1.43 bits per heavy atom. The van der Waals surface area contributed by atoms with Crippen LogP contribution in [0.1, 0.15) is 11.3 Å². The Kier molecular flexibility index (Phi) is 6.70. The maximum absolute atomic E-state index is 6.77. The second-order valence-electron chi connectivity index (χ2n) is 9.86. The highest BCUT2D eigenvalue weighted by Crippen LogP contribution is 2.33. The zero-order chi connectivity index (χ0) is 17.9. The SMILES string of the molecule is C[Si](C)(C)C/C=C(/OC(c1ccccc1)[Si](C)(C)C)[Si](C)(C)C. The average molecular weight is 365 g/mol. The third-order valence-corrected chi connectivity index (χ3v) is 9.03. The number of hydrogen-bond donors (Lipinski definition) is 0. The molecule has 1 atom stereocenters. The van der Waals surface area contributed by atoms with E-state index in [9.17, 15) is 0 Å². The molecule has 0 saturated carbocycles.